The lowest BCUT2D eigenvalue weighted by molar-refractivity contribution is -0.138. The summed E-state index contributed by atoms with van der Waals surface area (Å²) in [6.07, 6.45) is -6.26. The number of halogens is 8. The fraction of sp³-hybridized carbons (Fsp3) is 0.320. The van der Waals surface area contributed by atoms with E-state index in [1.807, 2.05) is 0 Å². The Bertz CT molecular complexity index is 1730. The Morgan fingerprint density at radius 1 is 1.12 bits per heavy atom. The maximum Gasteiger partial charge on any atom is 0.423 e. The minimum atomic E-state index is -5.08. The van der Waals surface area contributed by atoms with Gasteiger partial charge in [-0.1, -0.05) is 0 Å². The summed E-state index contributed by atoms with van der Waals surface area (Å²) >= 11 is 0. The van der Waals surface area contributed by atoms with Crippen molar-refractivity contribution < 1.29 is 39.9 Å². The number of nitrogen functional groups attached to an aromatic ring is 1. The standard InChI is InChI=1S/C25H21F8N7O3/c26-15-6-14-17(7-13(15)16-4-3-12(20(27)28)21(34)38-16)35-10-40(23(14)42)5-1-2-11(9-43-24(29)30)37-18-8-36-39-22(41)19(18)25(31,32)33/h3-4,6-8,10-11,20,24H,1-2,5,9H2,(H2,34,38)(H2,37,39,41)/t11-/m1/s1. The Labute approximate surface area is 235 Å². The summed E-state index contributed by atoms with van der Waals surface area (Å²) < 4.78 is 112. The fourth-order valence-electron chi connectivity index (χ4n) is 4.26. The van der Waals surface area contributed by atoms with Crippen LogP contribution in [-0.2, 0) is 17.5 Å². The molecule has 0 spiro atoms. The van der Waals surface area contributed by atoms with Crippen molar-refractivity contribution in [1.29, 1.82) is 0 Å². The molecule has 3 aromatic heterocycles. The lowest BCUT2D eigenvalue weighted by Gasteiger charge is -2.22. The van der Waals surface area contributed by atoms with E-state index < -0.39 is 71.4 Å². The smallest absolute Gasteiger partial charge is 0.383 e. The molecule has 0 aliphatic rings. The highest BCUT2D eigenvalue weighted by Crippen LogP contribution is 2.32. The molecule has 4 rings (SSSR count). The van der Waals surface area contributed by atoms with Gasteiger partial charge in [0.2, 0.25) is 0 Å². The van der Waals surface area contributed by atoms with Gasteiger partial charge in [-0.15, -0.1) is 0 Å². The van der Waals surface area contributed by atoms with Gasteiger partial charge in [0.25, 0.3) is 17.5 Å². The van der Waals surface area contributed by atoms with Gasteiger partial charge in [0.05, 0.1) is 47.0 Å². The number of H-pyrrole nitrogens is 1. The number of nitrogens with one attached hydrogen (secondary N) is 2. The van der Waals surface area contributed by atoms with Crippen molar-refractivity contribution in [2.75, 3.05) is 17.7 Å². The predicted octanol–water partition coefficient (Wildman–Crippen LogP) is 4.72. The highest BCUT2D eigenvalue weighted by molar-refractivity contribution is 5.83. The molecule has 0 saturated heterocycles. The van der Waals surface area contributed by atoms with Gasteiger partial charge in [-0.25, -0.2) is 28.2 Å². The summed E-state index contributed by atoms with van der Waals surface area (Å²) in [6, 6.07) is 3.05. The number of hydrogen-bond donors (Lipinski definition) is 3. The number of aromatic amines is 1. The van der Waals surface area contributed by atoms with E-state index in [-0.39, 0.29) is 41.5 Å². The lowest BCUT2D eigenvalue weighted by Crippen LogP contribution is -2.32. The number of aryl methyl sites for hydroxylation is 1. The van der Waals surface area contributed by atoms with Crippen LogP contribution < -0.4 is 22.2 Å². The third-order valence-corrected chi connectivity index (χ3v) is 6.26. The Hall–Kier alpha value is -4.61. The van der Waals surface area contributed by atoms with Crippen LogP contribution in [0.2, 0.25) is 0 Å². The Morgan fingerprint density at radius 2 is 1.86 bits per heavy atom. The van der Waals surface area contributed by atoms with Gasteiger partial charge in [-0.05, 0) is 37.1 Å². The molecule has 3 heterocycles. The number of nitrogens with two attached hydrogens (primary N) is 1. The third-order valence-electron chi connectivity index (χ3n) is 6.26. The number of pyridine rings is 1. The molecule has 0 amide bonds. The van der Waals surface area contributed by atoms with Crippen molar-refractivity contribution in [2.24, 2.45) is 0 Å². The van der Waals surface area contributed by atoms with Crippen LogP contribution in [0.5, 0.6) is 0 Å². The quantitative estimate of drug-likeness (QED) is 0.205. The molecule has 4 aromatic rings. The summed E-state index contributed by atoms with van der Waals surface area (Å²) in [5.41, 5.74) is 0.246. The van der Waals surface area contributed by atoms with Gasteiger partial charge < -0.3 is 15.8 Å². The largest absolute Gasteiger partial charge is 0.423 e. The molecule has 0 saturated carbocycles. The first-order valence-electron chi connectivity index (χ1n) is 12.3. The van der Waals surface area contributed by atoms with Crippen molar-refractivity contribution in [2.45, 2.75) is 44.6 Å². The van der Waals surface area contributed by atoms with Gasteiger partial charge >= 0.3 is 12.8 Å². The van der Waals surface area contributed by atoms with E-state index in [2.05, 4.69) is 25.1 Å². The molecule has 1 atom stereocenters. The van der Waals surface area contributed by atoms with E-state index in [1.165, 1.54) is 6.07 Å². The summed E-state index contributed by atoms with van der Waals surface area (Å²) in [5, 5.41) is 7.17. The van der Waals surface area contributed by atoms with Crippen LogP contribution in [0.25, 0.3) is 22.2 Å². The zero-order valence-electron chi connectivity index (χ0n) is 21.6. The molecule has 0 bridgehead atoms. The maximum absolute atomic E-state index is 15.0. The number of nitrogens with zero attached hydrogens (tertiary/aromatic N) is 4. The number of hydrogen-bond acceptors (Lipinski definition) is 8. The number of aromatic nitrogens is 5. The molecule has 43 heavy (non-hydrogen) atoms. The van der Waals surface area contributed by atoms with E-state index in [0.29, 0.717) is 6.20 Å². The zero-order valence-corrected chi connectivity index (χ0v) is 21.6. The van der Waals surface area contributed by atoms with E-state index in [4.69, 9.17) is 5.73 Å². The Kier molecular flexibility index (Phi) is 9.27. The number of anilines is 2. The van der Waals surface area contributed by atoms with Crippen molar-refractivity contribution in [1.82, 2.24) is 24.7 Å². The first-order chi connectivity index (χ1) is 20.3. The van der Waals surface area contributed by atoms with Gasteiger partial charge in [-0.2, -0.15) is 27.1 Å². The number of fused-ring (bicyclic) bond motifs is 1. The Balaban J connectivity index is 1.54. The molecule has 4 N–H and O–H groups in total. The van der Waals surface area contributed by atoms with Crippen molar-refractivity contribution >= 4 is 22.4 Å². The molecular weight excluding hydrogens is 598 g/mol. The summed E-state index contributed by atoms with van der Waals surface area (Å²) in [4.78, 5) is 32.6. The maximum atomic E-state index is 15.0. The molecule has 1 aromatic carbocycles. The highest BCUT2D eigenvalue weighted by Gasteiger charge is 2.37. The molecular formula is C25H21F8N7O3. The Morgan fingerprint density at radius 3 is 2.51 bits per heavy atom. The van der Waals surface area contributed by atoms with Crippen LogP contribution in [0.4, 0.5) is 46.6 Å². The second kappa shape index (κ2) is 12.7. The van der Waals surface area contributed by atoms with E-state index in [0.717, 1.165) is 29.1 Å². The van der Waals surface area contributed by atoms with Crippen molar-refractivity contribution in [3.05, 3.63) is 74.4 Å². The van der Waals surface area contributed by atoms with Gasteiger partial charge in [0, 0.05) is 18.2 Å². The second-order valence-corrected chi connectivity index (χ2v) is 9.13. The van der Waals surface area contributed by atoms with Crippen LogP contribution in [0.3, 0.4) is 0 Å². The van der Waals surface area contributed by atoms with Crippen LogP contribution in [0, 0.1) is 5.82 Å². The minimum absolute atomic E-state index is 0.0234. The van der Waals surface area contributed by atoms with E-state index in [1.54, 1.807) is 5.10 Å². The minimum Gasteiger partial charge on any atom is -0.383 e. The average molecular weight is 619 g/mol. The topological polar surface area (TPSA) is 141 Å². The number of benzene rings is 1. The average Bonchev–Trinajstić information content (AvgIpc) is 2.92. The third kappa shape index (κ3) is 7.25. The first kappa shape index (κ1) is 31.3. The van der Waals surface area contributed by atoms with Crippen LogP contribution >= 0.6 is 0 Å². The molecule has 230 valence electrons. The summed E-state index contributed by atoms with van der Waals surface area (Å²) in [6.45, 7) is -4.09. The summed E-state index contributed by atoms with van der Waals surface area (Å²) in [7, 11) is 0. The highest BCUT2D eigenvalue weighted by atomic mass is 19.4. The zero-order chi connectivity index (χ0) is 31.5. The van der Waals surface area contributed by atoms with Gasteiger partial charge in [0.1, 0.15) is 17.2 Å². The van der Waals surface area contributed by atoms with E-state index >= 15 is 0 Å². The van der Waals surface area contributed by atoms with Gasteiger partial charge in [-0.3, -0.25) is 14.2 Å². The monoisotopic (exact) mass is 619 g/mol. The van der Waals surface area contributed by atoms with Gasteiger partial charge in [0.15, 0.2) is 0 Å². The number of ether oxygens (including phenoxy) is 1. The fourth-order valence-corrected chi connectivity index (χ4v) is 4.26. The number of rotatable bonds is 11. The first-order valence-corrected chi connectivity index (χ1v) is 12.3. The summed E-state index contributed by atoms with van der Waals surface area (Å²) in [5.74, 6) is -1.41. The lowest BCUT2D eigenvalue weighted by atomic mass is 10.1. The molecule has 10 nitrogen and oxygen atoms in total. The van der Waals surface area contributed by atoms with Crippen molar-refractivity contribution in [3.63, 3.8) is 0 Å². The van der Waals surface area contributed by atoms with Crippen LogP contribution in [-0.4, -0.2) is 44.0 Å². The van der Waals surface area contributed by atoms with Crippen molar-refractivity contribution in [3.8, 4) is 11.3 Å². The molecule has 0 radical (unpaired) electrons. The SMILES string of the molecule is Nc1nc(-c2cc3ncn(CCC[C@H](COC(F)F)Nc4cn[nH]c(=O)c4C(F)(F)F)c(=O)c3cc2F)ccc1C(F)F. The number of alkyl halides is 7. The normalized spacial score (nSPS) is 12.8. The predicted molar refractivity (Wildman–Crippen MR) is 137 cm³/mol. The molecule has 0 unspecified atom stereocenters. The second-order valence-electron chi connectivity index (χ2n) is 9.13. The van der Waals surface area contributed by atoms with Crippen LogP contribution in [0.15, 0.2) is 46.4 Å². The van der Waals surface area contributed by atoms with E-state index in [9.17, 15) is 44.7 Å². The molecule has 0 aliphatic heterocycles. The van der Waals surface area contributed by atoms with Crippen LogP contribution in [0.1, 0.15) is 30.4 Å². The molecule has 0 aliphatic carbocycles. The molecule has 18 heteroatoms. The molecule has 0 fully saturated rings.